The van der Waals surface area contributed by atoms with Crippen molar-refractivity contribution in [2.45, 2.75) is 12.5 Å². The number of rotatable bonds is 3. The molecule has 1 aromatic rings. The van der Waals surface area contributed by atoms with Crippen molar-refractivity contribution >= 4 is 17.7 Å². The second-order valence-corrected chi connectivity index (χ2v) is 6.86. The van der Waals surface area contributed by atoms with E-state index in [4.69, 9.17) is 4.74 Å². The first-order valence-corrected chi connectivity index (χ1v) is 9.10. The first-order chi connectivity index (χ1) is 10.8. The number of morpholine rings is 1. The third-order valence-electron chi connectivity index (χ3n) is 4.16. The van der Waals surface area contributed by atoms with Crippen molar-refractivity contribution in [3.63, 3.8) is 0 Å². The van der Waals surface area contributed by atoms with Gasteiger partial charge in [-0.2, -0.15) is 11.8 Å². The molecule has 2 aliphatic heterocycles. The Bertz CT molecular complexity index is 480. The van der Waals surface area contributed by atoms with E-state index >= 15 is 0 Å². The van der Waals surface area contributed by atoms with Gasteiger partial charge in [-0.1, -0.05) is 6.07 Å². The smallest absolute Gasteiger partial charge is 0.272 e. The number of ether oxygens (including phenoxy) is 1. The molecule has 5 nitrogen and oxygen atoms in total. The summed E-state index contributed by atoms with van der Waals surface area (Å²) in [6, 6.07) is 5.80. The summed E-state index contributed by atoms with van der Waals surface area (Å²) in [6.45, 7) is 5.30. The van der Waals surface area contributed by atoms with Gasteiger partial charge in [-0.25, -0.2) is 0 Å². The predicted octanol–water partition coefficient (Wildman–Crippen LogP) is 1.36. The maximum Gasteiger partial charge on any atom is 0.272 e. The molecule has 1 amide bonds. The van der Waals surface area contributed by atoms with Crippen LogP contribution >= 0.6 is 11.8 Å². The summed E-state index contributed by atoms with van der Waals surface area (Å²) in [4.78, 5) is 21.5. The number of amides is 1. The minimum atomic E-state index is 0.0707. The fourth-order valence-corrected chi connectivity index (χ4v) is 4.02. The molecule has 120 valence electrons. The van der Waals surface area contributed by atoms with Crippen molar-refractivity contribution in [3.8, 4) is 0 Å². The number of hydrogen-bond acceptors (Lipinski definition) is 5. The molecule has 0 aliphatic carbocycles. The molecule has 2 fully saturated rings. The van der Waals surface area contributed by atoms with Crippen LogP contribution in [0.15, 0.2) is 24.4 Å². The molecule has 3 rings (SSSR count). The van der Waals surface area contributed by atoms with Crippen LogP contribution in [-0.4, -0.2) is 77.6 Å². The molecule has 2 saturated heterocycles. The molecular formula is C16H23N3O2S. The van der Waals surface area contributed by atoms with E-state index in [0.717, 1.165) is 57.3 Å². The highest BCUT2D eigenvalue weighted by Crippen LogP contribution is 2.19. The number of thioether (sulfide) groups is 1. The highest BCUT2D eigenvalue weighted by atomic mass is 32.2. The van der Waals surface area contributed by atoms with Gasteiger partial charge in [0.1, 0.15) is 5.69 Å². The fourth-order valence-electron chi connectivity index (χ4n) is 2.97. The van der Waals surface area contributed by atoms with Crippen LogP contribution in [0.1, 0.15) is 16.9 Å². The molecule has 0 radical (unpaired) electrons. The van der Waals surface area contributed by atoms with Gasteiger partial charge in [-0.05, 0) is 24.3 Å². The van der Waals surface area contributed by atoms with Gasteiger partial charge in [0.05, 0.1) is 19.3 Å². The monoisotopic (exact) mass is 321 g/mol. The summed E-state index contributed by atoms with van der Waals surface area (Å²) in [7, 11) is 0. The number of carbonyl (C=O) groups excluding carboxylic acids is 1. The molecule has 2 aliphatic rings. The second-order valence-electron chi connectivity index (χ2n) is 5.71. The molecule has 0 bridgehead atoms. The van der Waals surface area contributed by atoms with Gasteiger partial charge in [0.15, 0.2) is 0 Å². The van der Waals surface area contributed by atoms with Gasteiger partial charge in [0.2, 0.25) is 0 Å². The third kappa shape index (κ3) is 4.00. The average Bonchev–Trinajstić information content (AvgIpc) is 2.81. The average molecular weight is 321 g/mol. The molecule has 1 atom stereocenters. The Kier molecular flexibility index (Phi) is 5.70. The van der Waals surface area contributed by atoms with Gasteiger partial charge in [0, 0.05) is 38.1 Å². The van der Waals surface area contributed by atoms with Crippen molar-refractivity contribution in [2.75, 3.05) is 50.9 Å². The van der Waals surface area contributed by atoms with Crippen molar-refractivity contribution < 1.29 is 9.53 Å². The van der Waals surface area contributed by atoms with Gasteiger partial charge in [-0.3, -0.25) is 14.7 Å². The Labute approximate surface area is 136 Å². The molecule has 1 unspecified atom stereocenters. The van der Waals surface area contributed by atoms with Crippen molar-refractivity contribution in [1.29, 1.82) is 0 Å². The summed E-state index contributed by atoms with van der Waals surface area (Å²) < 4.78 is 5.42. The van der Waals surface area contributed by atoms with Crippen molar-refractivity contribution in [3.05, 3.63) is 30.1 Å². The van der Waals surface area contributed by atoms with E-state index in [1.807, 2.05) is 34.9 Å². The fraction of sp³-hybridized carbons (Fsp3) is 0.625. The molecule has 3 heterocycles. The molecular weight excluding hydrogens is 298 g/mol. The summed E-state index contributed by atoms with van der Waals surface area (Å²) in [5.41, 5.74) is 0.557. The normalized spacial score (nSPS) is 24.0. The standard InChI is InChI=1S/C16H23N3O2S/c20-16(15-4-1-2-5-17-15)19-6-3-11-22-13-14(19)12-18-7-9-21-10-8-18/h1-2,4-5,14H,3,6-13H2. The lowest BCUT2D eigenvalue weighted by Crippen LogP contribution is -2.50. The van der Waals surface area contributed by atoms with E-state index < -0.39 is 0 Å². The number of hydrogen-bond donors (Lipinski definition) is 0. The van der Waals surface area contributed by atoms with Crippen LogP contribution in [0, 0.1) is 0 Å². The minimum Gasteiger partial charge on any atom is -0.379 e. The van der Waals surface area contributed by atoms with Crippen LogP contribution in [0.5, 0.6) is 0 Å². The number of pyridine rings is 1. The second kappa shape index (κ2) is 7.94. The van der Waals surface area contributed by atoms with Gasteiger partial charge in [0.25, 0.3) is 5.91 Å². The lowest BCUT2D eigenvalue weighted by molar-refractivity contribution is 0.0244. The number of aromatic nitrogens is 1. The Balaban J connectivity index is 1.71. The van der Waals surface area contributed by atoms with Crippen LogP contribution in [0.25, 0.3) is 0 Å². The number of carbonyl (C=O) groups is 1. The first kappa shape index (κ1) is 15.8. The van der Waals surface area contributed by atoms with Gasteiger partial charge in [-0.15, -0.1) is 0 Å². The van der Waals surface area contributed by atoms with Crippen LogP contribution in [0.2, 0.25) is 0 Å². The van der Waals surface area contributed by atoms with Crippen LogP contribution in [0.3, 0.4) is 0 Å². The highest BCUT2D eigenvalue weighted by molar-refractivity contribution is 7.99. The summed E-state index contributed by atoms with van der Waals surface area (Å²) >= 11 is 1.96. The van der Waals surface area contributed by atoms with E-state index in [-0.39, 0.29) is 11.9 Å². The Morgan fingerprint density at radius 1 is 1.32 bits per heavy atom. The first-order valence-electron chi connectivity index (χ1n) is 7.94. The van der Waals surface area contributed by atoms with Gasteiger partial charge < -0.3 is 9.64 Å². The Morgan fingerprint density at radius 2 is 2.18 bits per heavy atom. The van der Waals surface area contributed by atoms with E-state index in [1.165, 1.54) is 0 Å². The molecule has 0 aromatic carbocycles. The zero-order valence-electron chi connectivity index (χ0n) is 12.8. The lowest BCUT2D eigenvalue weighted by Gasteiger charge is -2.35. The van der Waals surface area contributed by atoms with Crippen LogP contribution < -0.4 is 0 Å². The summed E-state index contributed by atoms with van der Waals surface area (Å²) in [5.74, 6) is 2.21. The Hall–Kier alpha value is -1.11. The highest BCUT2D eigenvalue weighted by Gasteiger charge is 2.29. The molecule has 1 aromatic heterocycles. The lowest BCUT2D eigenvalue weighted by atomic mass is 10.2. The van der Waals surface area contributed by atoms with Crippen molar-refractivity contribution in [2.24, 2.45) is 0 Å². The van der Waals surface area contributed by atoms with Crippen molar-refractivity contribution in [1.82, 2.24) is 14.8 Å². The Morgan fingerprint density at radius 3 is 2.95 bits per heavy atom. The SMILES string of the molecule is O=C(c1ccccn1)N1CCCSCC1CN1CCOCC1. The molecule has 0 N–H and O–H groups in total. The van der Waals surface area contributed by atoms with Crippen LogP contribution in [-0.2, 0) is 4.74 Å². The minimum absolute atomic E-state index is 0.0707. The predicted molar refractivity (Wildman–Crippen MR) is 88.3 cm³/mol. The van der Waals surface area contributed by atoms with E-state index in [2.05, 4.69) is 9.88 Å². The van der Waals surface area contributed by atoms with E-state index in [9.17, 15) is 4.79 Å². The van der Waals surface area contributed by atoms with Crippen LogP contribution in [0.4, 0.5) is 0 Å². The molecule has 0 saturated carbocycles. The maximum absolute atomic E-state index is 12.8. The third-order valence-corrected chi connectivity index (χ3v) is 5.35. The largest absolute Gasteiger partial charge is 0.379 e. The molecule has 22 heavy (non-hydrogen) atoms. The van der Waals surface area contributed by atoms with Gasteiger partial charge >= 0.3 is 0 Å². The number of nitrogens with zero attached hydrogens (tertiary/aromatic N) is 3. The molecule has 0 spiro atoms. The van der Waals surface area contributed by atoms with E-state index in [0.29, 0.717) is 5.69 Å². The van der Waals surface area contributed by atoms with E-state index in [1.54, 1.807) is 6.20 Å². The topological polar surface area (TPSA) is 45.7 Å². The molecule has 6 heteroatoms. The summed E-state index contributed by atoms with van der Waals surface area (Å²) in [6.07, 6.45) is 2.75. The summed E-state index contributed by atoms with van der Waals surface area (Å²) in [5, 5.41) is 0. The zero-order chi connectivity index (χ0) is 15.2. The maximum atomic E-state index is 12.8. The zero-order valence-corrected chi connectivity index (χ0v) is 13.6. The quantitative estimate of drug-likeness (QED) is 0.841.